The fraction of sp³-hybridized carbons (Fsp3) is 0.368. The molecule has 2 aromatic rings. The van der Waals surface area contributed by atoms with E-state index in [1.165, 1.54) is 12.3 Å². The number of anilines is 1. The number of rotatable bonds is 3. The standard InChI is InChI=1S/C19H17F3N2O2/c20-19(21,22)14-4-1-3-12(7-14)13-8-17-16(23-10-13)9-18(25)24(17)11-15-5-2-6-26-15/h1,3-4,7-8,10,15H,2,5-6,9,11H2. The first-order chi connectivity index (χ1) is 12.4. The predicted molar refractivity (Wildman–Crippen MR) is 89.7 cm³/mol. The lowest BCUT2D eigenvalue weighted by molar-refractivity contribution is -0.137. The van der Waals surface area contributed by atoms with E-state index in [9.17, 15) is 18.0 Å². The molecule has 1 fully saturated rings. The Morgan fingerprint density at radius 3 is 2.81 bits per heavy atom. The molecular formula is C19H17F3N2O2. The predicted octanol–water partition coefficient (Wildman–Crippen LogP) is 3.84. The third-order valence-corrected chi connectivity index (χ3v) is 4.79. The molecule has 1 aromatic heterocycles. The van der Waals surface area contributed by atoms with Gasteiger partial charge in [0.1, 0.15) is 0 Å². The molecule has 1 amide bonds. The van der Waals surface area contributed by atoms with Gasteiger partial charge in [0.05, 0.1) is 36.0 Å². The summed E-state index contributed by atoms with van der Waals surface area (Å²) in [5.41, 5.74) is 1.60. The van der Waals surface area contributed by atoms with Gasteiger partial charge in [-0.15, -0.1) is 0 Å². The van der Waals surface area contributed by atoms with E-state index in [-0.39, 0.29) is 18.4 Å². The van der Waals surface area contributed by atoms with E-state index in [1.807, 2.05) is 0 Å². The molecule has 2 aliphatic rings. The number of carbonyl (C=O) groups excluding carboxylic acids is 1. The Labute approximate surface area is 148 Å². The molecule has 0 aliphatic carbocycles. The zero-order chi connectivity index (χ0) is 18.3. The van der Waals surface area contributed by atoms with Gasteiger partial charge in [0.2, 0.25) is 5.91 Å². The van der Waals surface area contributed by atoms with E-state index in [1.54, 1.807) is 17.0 Å². The summed E-state index contributed by atoms with van der Waals surface area (Å²) in [4.78, 5) is 18.3. The van der Waals surface area contributed by atoms with Crippen molar-refractivity contribution in [1.29, 1.82) is 0 Å². The van der Waals surface area contributed by atoms with Crippen molar-refractivity contribution in [3.8, 4) is 11.1 Å². The second-order valence-electron chi connectivity index (χ2n) is 6.58. The van der Waals surface area contributed by atoms with Gasteiger partial charge in [-0.3, -0.25) is 9.78 Å². The van der Waals surface area contributed by atoms with Gasteiger partial charge in [0, 0.05) is 18.4 Å². The number of pyridine rings is 1. The molecule has 1 aromatic carbocycles. The first-order valence-electron chi connectivity index (χ1n) is 8.50. The molecule has 0 bridgehead atoms. The fourth-order valence-electron chi connectivity index (χ4n) is 3.45. The van der Waals surface area contributed by atoms with E-state index in [4.69, 9.17) is 4.74 Å². The maximum atomic E-state index is 13.0. The number of hydrogen-bond acceptors (Lipinski definition) is 3. The summed E-state index contributed by atoms with van der Waals surface area (Å²) >= 11 is 0. The smallest absolute Gasteiger partial charge is 0.376 e. The third kappa shape index (κ3) is 3.19. The Hall–Kier alpha value is -2.41. The van der Waals surface area contributed by atoms with Crippen LogP contribution in [0.1, 0.15) is 24.1 Å². The summed E-state index contributed by atoms with van der Waals surface area (Å²) in [5, 5.41) is 0. The summed E-state index contributed by atoms with van der Waals surface area (Å²) in [5.74, 6) is -0.0517. The lowest BCUT2D eigenvalue weighted by atomic mass is 10.0. The van der Waals surface area contributed by atoms with Gasteiger partial charge in [-0.05, 0) is 36.6 Å². The van der Waals surface area contributed by atoms with Crippen LogP contribution in [0.3, 0.4) is 0 Å². The number of benzene rings is 1. The van der Waals surface area contributed by atoms with Gasteiger partial charge in [-0.2, -0.15) is 13.2 Å². The van der Waals surface area contributed by atoms with E-state index in [2.05, 4.69) is 4.98 Å². The number of halogens is 3. The van der Waals surface area contributed by atoms with Crippen molar-refractivity contribution in [1.82, 2.24) is 4.98 Å². The van der Waals surface area contributed by atoms with Gasteiger partial charge >= 0.3 is 6.18 Å². The molecule has 7 heteroatoms. The van der Waals surface area contributed by atoms with E-state index >= 15 is 0 Å². The van der Waals surface area contributed by atoms with Crippen LogP contribution < -0.4 is 4.90 Å². The maximum absolute atomic E-state index is 13.0. The summed E-state index contributed by atoms with van der Waals surface area (Å²) in [6.07, 6.45) is -0.784. The van der Waals surface area contributed by atoms with Gasteiger partial charge in [-0.25, -0.2) is 0 Å². The maximum Gasteiger partial charge on any atom is 0.416 e. The minimum absolute atomic E-state index is 0.00196. The molecule has 26 heavy (non-hydrogen) atoms. The molecule has 3 heterocycles. The molecule has 4 nitrogen and oxygen atoms in total. The Balaban J connectivity index is 1.66. The normalized spacial score (nSPS) is 19.9. The highest BCUT2D eigenvalue weighted by Gasteiger charge is 2.33. The van der Waals surface area contributed by atoms with Crippen molar-refractivity contribution in [3.05, 3.63) is 47.8 Å². The van der Waals surface area contributed by atoms with Crippen LogP contribution in [0, 0.1) is 0 Å². The largest absolute Gasteiger partial charge is 0.416 e. The second kappa shape index (κ2) is 6.39. The first-order valence-corrected chi connectivity index (χ1v) is 8.50. The van der Waals surface area contributed by atoms with Crippen molar-refractivity contribution in [2.24, 2.45) is 0 Å². The van der Waals surface area contributed by atoms with Crippen molar-refractivity contribution < 1.29 is 22.7 Å². The van der Waals surface area contributed by atoms with Gasteiger partial charge in [0.25, 0.3) is 0 Å². The van der Waals surface area contributed by atoms with Crippen LogP contribution in [0.25, 0.3) is 11.1 Å². The number of aromatic nitrogens is 1. The number of nitrogens with zero attached hydrogens (tertiary/aromatic N) is 2. The number of fused-ring (bicyclic) bond motifs is 1. The minimum atomic E-state index is -4.40. The first kappa shape index (κ1) is 17.0. The highest BCUT2D eigenvalue weighted by Crippen LogP contribution is 2.35. The van der Waals surface area contributed by atoms with Crippen molar-refractivity contribution >= 4 is 11.6 Å². The number of amides is 1. The van der Waals surface area contributed by atoms with Crippen molar-refractivity contribution in [3.63, 3.8) is 0 Å². The van der Waals surface area contributed by atoms with Crippen LogP contribution >= 0.6 is 0 Å². The molecule has 0 N–H and O–H groups in total. The van der Waals surface area contributed by atoms with Gasteiger partial charge in [-0.1, -0.05) is 12.1 Å². The van der Waals surface area contributed by atoms with Crippen molar-refractivity contribution in [2.45, 2.75) is 31.5 Å². The SMILES string of the molecule is O=C1Cc2ncc(-c3cccc(C(F)(F)F)c3)cc2N1CC1CCCO1. The Kier molecular flexibility index (Phi) is 4.19. The van der Waals surface area contributed by atoms with Crippen molar-refractivity contribution in [2.75, 3.05) is 18.1 Å². The molecule has 2 aliphatic heterocycles. The zero-order valence-electron chi connectivity index (χ0n) is 13.9. The second-order valence-corrected chi connectivity index (χ2v) is 6.58. The Bertz CT molecular complexity index is 845. The molecule has 136 valence electrons. The topological polar surface area (TPSA) is 42.4 Å². The summed E-state index contributed by atoms with van der Waals surface area (Å²) in [6.45, 7) is 1.15. The summed E-state index contributed by atoms with van der Waals surface area (Å²) in [7, 11) is 0. The van der Waals surface area contributed by atoms with Crippen LogP contribution in [0.2, 0.25) is 0 Å². The van der Waals surface area contributed by atoms with Crippen LogP contribution in [0.15, 0.2) is 36.5 Å². The molecule has 1 atom stereocenters. The van der Waals surface area contributed by atoms with Crippen LogP contribution in [-0.4, -0.2) is 30.1 Å². The molecule has 1 saturated heterocycles. The van der Waals surface area contributed by atoms with Crippen LogP contribution in [-0.2, 0) is 22.1 Å². The number of ether oxygens (including phenoxy) is 1. The highest BCUT2D eigenvalue weighted by atomic mass is 19.4. The zero-order valence-corrected chi connectivity index (χ0v) is 13.9. The number of carbonyl (C=O) groups is 1. The van der Waals surface area contributed by atoms with Crippen LogP contribution in [0.4, 0.5) is 18.9 Å². The molecule has 1 unspecified atom stereocenters. The average molecular weight is 362 g/mol. The van der Waals surface area contributed by atoms with Crippen LogP contribution in [0.5, 0.6) is 0 Å². The third-order valence-electron chi connectivity index (χ3n) is 4.79. The van der Waals surface area contributed by atoms with Gasteiger partial charge < -0.3 is 9.64 Å². The Morgan fingerprint density at radius 1 is 1.23 bits per heavy atom. The summed E-state index contributed by atoms with van der Waals surface area (Å²) < 4.78 is 44.5. The molecule has 4 rings (SSSR count). The Morgan fingerprint density at radius 2 is 2.08 bits per heavy atom. The van der Waals surface area contributed by atoms with Gasteiger partial charge in [0.15, 0.2) is 0 Å². The quantitative estimate of drug-likeness (QED) is 0.833. The summed E-state index contributed by atoms with van der Waals surface area (Å²) in [6, 6.07) is 6.88. The average Bonchev–Trinajstić information content (AvgIpc) is 3.23. The molecule has 0 spiro atoms. The van der Waals surface area contributed by atoms with E-state index < -0.39 is 11.7 Å². The fourth-order valence-corrected chi connectivity index (χ4v) is 3.45. The highest BCUT2D eigenvalue weighted by molar-refractivity contribution is 6.01. The molecule has 0 saturated carbocycles. The minimum Gasteiger partial charge on any atom is -0.376 e. The number of hydrogen-bond donors (Lipinski definition) is 0. The monoisotopic (exact) mass is 362 g/mol. The van der Waals surface area contributed by atoms with E-state index in [0.717, 1.165) is 25.0 Å². The lowest BCUT2D eigenvalue weighted by Gasteiger charge is -2.21. The lowest BCUT2D eigenvalue weighted by Crippen LogP contribution is -2.34. The van der Waals surface area contributed by atoms with E-state index in [0.29, 0.717) is 35.7 Å². The molecule has 0 radical (unpaired) electrons. The number of alkyl halides is 3. The molecular weight excluding hydrogens is 345 g/mol.